The van der Waals surface area contributed by atoms with Crippen molar-refractivity contribution in [1.82, 2.24) is 0 Å². The van der Waals surface area contributed by atoms with Crippen LogP contribution < -0.4 is 5.73 Å². The van der Waals surface area contributed by atoms with E-state index < -0.39 is 18.0 Å². The van der Waals surface area contributed by atoms with Crippen molar-refractivity contribution in [3.8, 4) is 11.1 Å². The van der Waals surface area contributed by atoms with Crippen LogP contribution in [0.2, 0.25) is 0 Å². The third kappa shape index (κ3) is 4.22. The normalized spacial score (nSPS) is 11.6. The molecule has 0 aliphatic rings. The van der Waals surface area contributed by atoms with Gasteiger partial charge in [0.15, 0.2) is 0 Å². The minimum atomic E-state index is -1.04. The van der Waals surface area contributed by atoms with Crippen LogP contribution in [0.15, 0.2) is 78.9 Å². The lowest BCUT2D eigenvalue weighted by Gasteiger charge is -2.17. The van der Waals surface area contributed by atoms with Crippen LogP contribution in [0.5, 0.6) is 0 Å². The third-order valence-electron chi connectivity index (χ3n) is 4.22. The molecule has 0 aliphatic carbocycles. The van der Waals surface area contributed by atoms with Crippen LogP contribution in [0.4, 0.5) is 0 Å². The Hall–Kier alpha value is -3.44. The van der Waals surface area contributed by atoms with E-state index in [0.29, 0.717) is 16.7 Å². The van der Waals surface area contributed by atoms with Crippen LogP contribution >= 0.6 is 0 Å². The topological polar surface area (TPSA) is 89.6 Å². The van der Waals surface area contributed by atoms with E-state index in [0.717, 1.165) is 5.56 Å². The molecule has 3 rings (SSSR count). The fourth-order valence-electron chi connectivity index (χ4n) is 2.86. The van der Waals surface area contributed by atoms with Gasteiger partial charge in [0.2, 0.25) is 0 Å². The SMILES string of the molecule is NC(C(=O)OCc1ccccc1)c1ccccc1-c1ccccc1C(=O)O. The third-order valence-corrected chi connectivity index (χ3v) is 4.22. The summed E-state index contributed by atoms with van der Waals surface area (Å²) in [6, 6.07) is 21.9. The van der Waals surface area contributed by atoms with E-state index in [-0.39, 0.29) is 12.2 Å². The van der Waals surface area contributed by atoms with E-state index in [1.165, 1.54) is 6.07 Å². The summed E-state index contributed by atoms with van der Waals surface area (Å²) in [4.78, 5) is 24.0. The fourth-order valence-corrected chi connectivity index (χ4v) is 2.86. The maximum absolute atomic E-state index is 12.5. The zero-order valence-corrected chi connectivity index (χ0v) is 14.5. The summed E-state index contributed by atoms with van der Waals surface area (Å²) in [7, 11) is 0. The Morgan fingerprint density at radius 3 is 2.15 bits per heavy atom. The second-order valence-corrected chi connectivity index (χ2v) is 6.01. The maximum Gasteiger partial charge on any atom is 0.336 e. The van der Waals surface area contributed by atoms with Gasteiger partial charge in [-0.2, -0.15) is 0 Å². The van der Waals surface area contributed by atoms with Crippen LogP contribution in [-0.4, -0.2) is 17.0 Å². The molecule has 0 saturated carbocycles. The zero-order valence-electron chi connectivity index (χ0n) is 14.5. The van der Waals surface area contributed by atoms with Gasteiger partial charge in [0.25, 0.3) is 0 Å². The van der Waals surface area contributed by atoms with Gasteiger partial charge in [0, 0.05) is 0 Å². The van der Waals surface area contributed by atoms with E-state index in [1.807, 2.05) is 30.3 Å². The number of rotatable bonds is 6. The van der Waals surface area contributed by atoms with Gasteiger partial charge in [-0.1, -0.05) is 72.8 Å². The standard InChI is InChI=1S/C22H19NO4/c23-20(22(26)27-14-15-8-2-1-3-9-15)18-12-6-4-10-16(18)17-11-5-7-13-19(17)21(24)25/h1-13,20H,14,23H2,(H,24,25). The molecular formula is C22H19NO4. The molecule has 0 fully saturated rings. The first kappa shape index (κ1) is 18.4. The summed E-state index contributed by atoms with van der Waals surface area (Å²) in [5, 5.41) is 9.45. The van der Waals surface area contributed by atoms with Gasteiger partial charge in [-0.3, -0.25) is 0 Å². The maximum atomic E-state index is 12.5. The van der Waals surface area contributed by atoms with Gasteiger partial charge < -0.3 is 15.6 Å². The largest absolute Gasteiger partial charge is 0.478 e. The smallest absolute Gasteiger partial charge is 0.336 e. The molecule has 136 valence electrons. The second-order valence-electron chi connectivity index (χ2n) is 6.01. The minimum absolute atomic E-state index is 0.126. The first-order chi connectivity index (χ1) is 13.1. The lowest BCUT2D eigenvalue weighted by Crippen LogP contribution is -2.24. The summed E-state index contributed by atoms with van der Waals surface area (Å²) >= 11 is 0. The number of carbonyl (C=O) groups excluding carboxylic acids is 1. The molecule has 0 saturated heterocycles. The number of carboxylic acids is 1. The van der Waals surface area contributed by atoms with Crippen LogP contribution in [-0.2, 0) is 16.1 Å². The molecule has 0 bridgehead atoms. The van der Waals surface area contributed by atoms with Crippen molar-refractivity contribution in [3.63, 3.8) is 0 Å². The van der Waals surface area contributed by atoms with Gasteiger partial charge >= 0.3 is 11.9 Å². The molecule has 3 N–H and O–H groups in total. The molecular weight excluding hydrogens is 342 g/mol. The van der Waals surface area contributed by atoms with Crippen LogP contribution in [0.3, 0.4) is 0 Å². The molecule has 0 heterocycles. The molecule has 0 radical (unpaired) electrons. The Labute approximate surface area is 157 Å². The van der Waals surface area contributed by atoms with Crippen molar-refractivity contribution >= 4 is 11.9 Å². The second kappa shape index (κ2) is 8.29. The Balaban J connectivity index is 1.87. The molecule has 1 unspecified atom stereocenters. The molecule has 0 amide bonds. The number of ether oxygens (including phenoxy) is 1. The van der Waals surface area contributed by atoms with E-state index >= 15 is 0 Å². The predicted molar refractivity (Wildman–Crippen MR) is 102 cm³/mol. The molecule has 0 spiro atoms. The molecule has 0 aromatic heterocycles. The number of carbonyl (C=O) groups is 2. The Bertz CT molecular complexity index is 953. The highest BCUT2D eigenvalue weighted by Gasteiger charge is 2.23. The van der Waals surface area contributed by atoms with Crippen molar-refractivity contribution in [2.24, 2.45) is 5.73 Å². The average molecular weight is 361 g/mol. The van der Waals surface area contributed by atoms with Crippen molar-refractivity contribution < 1.29 is 19.4 Å². The number of hydrogen-bond acceptors (Lipinski definition) is 4. The minimum Gasteiger partial charge on any atom is -0.478 e. The van der Waals surface area contributed by atoms with Gasteiger partial charge in [-0.15, -0.1) is 0 Å². The predicted octanol–water partition coefficient (Wildman–Crippen LogP) is 3.80. The number of esters is 1. The van der Waals surface area contributed by atoms with Gasteiger partial charge in [0.05, 0.1) is 5.56 Å². The highest BCUT2D eigenvalue weighted by atomic mass is 16.5. The van der Waals surface area contributed by atoms with Crippen LogP contribution in [0.1, 0.15) is 27.5 Å². The summed E-state index contributed by atoms with van der Waals surface area (Å²) < 4.78 is 5.33. The first-order valence-electron chi connectivity index (χ1n) is 8.45. The van der Waals surface area contributed by atoms with Gasteiger partial charge in [-0.25, -0.2) is 9.59 Å². The highest BCUT2D eigenvalue weighted by Crippen LogP contribution is 2.30. The van der Waals surface area contributed by atoms with E-state index in [4.69, 9.17) is 10.5 Å². The Morgan fingerprint density at radius 1 is 0.852 bits per heavy atom. The van der Waals surface area contributed by atoms with Crippen molar-refractivity contribution in [1.29, 1.82) is 0 Å². The van der Waals surface area contributed by atoms with Crippen molar-refractivity contribution in [2.45, 2.75) is 12.6 Å². The summed E-state index contributed by atoms with van der Waals surface area (Å²) in [6.07, 6.45) is 0. The number of benzene rings is 3. The average Bonchev–Trinajstić information content (AvgIpc) is 2.72. The van der Waals surface area contributed by atoms with Gasteiger partial charge in [0.1, 0.15) is 12.6 Å². The summed E-state index contributed by atoms with van der Waals surface area (Å²) in [5.74, 6) is -1.61. The fraction of sp³-hybridized carbons (Fsp3) is 0.0909. The summed E-state index contributed by atoms with van der Waals surface area (Å²) in [6.45, 7) is 0.126. The van der Waals surface area contributed by atoms with Gasteiger partial charge in [-0.05, 0) is 28.3 Å². The first-order valence-corrected chi connectivity index (χ1v) is 8.45. The summed E-state index contributed by atoms with van der Waals surface area (Å²) in [5.41, 5.74) is 8.78. The van der Waals surface area contributed by atoms with E-state index in [2.05, 4.69) is 0 Å². The molecule has 5 heteroatoms. The number of hydrogen-bond donors (Lipinski definition) is 2. The monoisotopic (exact) mass is 361 g/mol. The van der Waals surface area contributed by atoms with Crippen molar-refractivity contribution in [3.05, 3.63) is 95.6 Å². The van der Waals surface area contributed by atoms with E-state index in [9.17, 15) is 14.7 Å². The Kier molecular flexibility index (Phi) is 5.64. The van der Waals surface area contributed by atoms with E-state index in [1.54, 1.807) is 42.5 Å². The number of aromatic carboxylic acids is 1. The molecule has 0 aliphatic heterocycles. The molecule has 27 heavy (non-hydrogen) atoms. The quantitative estimate of drug-likeness (QED) is 0.652. The van der Waals surface area contributed by atoms with Crippen molar-refractivity contribution in [2.75, 3.05) is 0 Å². The molecule has 1 atom stereocenters. The molecule has 3 aromatic rings. The highest BCUT2D eigenvalue weighted by molar-refractivity contribution is 5.97. The molecule has 3 aromatic carbocycles. The zero-order chi connectivity index (χ0) is 19.2. The van der Waals surface area contributed by atoms with Crippen LogP contribution in [0.25, 0.3) is 11.1 Å². The number of carboxylic acid groups (broad SMARTS) is 1. The lowest BCUT2D eigenvalue weighted by molar-refractivity contribution is -0.146. The lowest BCUT2D eigenvalue weighted by atomic mass is 9.92. The molecule has 5 nitrogen and oxygen atoms in total. The van der Waals surface area contributed by atoms with Crippen LogP contribution in [0, 0.1) is 0 Å². The number of nitrogens with two attached hydrogens (primary N) is 1. The Morgan fingerprint density at radius 2 is 1.44 bits per heavy atom.